The van der Waals surface area contributed by atoms with Crippen molar-refractivity contribution in [2.45, 2.75) is 31.1 Å². The number of nitrogens with one attached hydrogen (secondary N) is 1. The van der Waals surface area contributed by atoms with Gasteiger partial charge in [-0.3, -0.25) is 4.79 Å². The molecule has 5 nitrogen and oxygen atoms in total. The Labute approximate surface area is 159 Å². The maximum atomic E-state index is 13.8. The number of anilines is 1. The Bertz CT molecular complexity index is 924. The number of hydrogen-bond donors (Lipinski definition) is 1. The Morgan fingerprint density at radius 1 is 1.15 bits per heavy atom. The molecule has 0 aliphatic carbocycles. The molecule has 1 saturated heterocycles. The van der Waals surface area contributed by atoms with Crippen molar-refractivity contribution < 1.29 is 17.6 Å². The molecule has 1 fully saturated rings. The van der Waals surface area contributed by atoms with Crippen LogP contribution in [-0.4, -0.2) is 31.7 Å². The van der Waals surface area contributed by atoms with Crippen molar-refractivity contribution in [1.29, 1.82) is 0 Å². The Kier molecular flexibility index (Phi) is 5.92. The van der Waals surface area contributed by atoms with Gasteiger partial charge in [-0.05, 0) is 49.1 Å². The molecule has 1 aliphatic heterocycles. The molecule has 1 N–H and O–H groups in total. The fraction of sp³-hybridized carbons (Fsp3) is 0.350. The van der Waals surface area contributed by atoms with E-state index in [9.17, 15) is 17.6 Å². The molecule has 144 valence electrons. The van der Waals surface area contributed by atoms with E-state index in [0.29, 0.717) is 24.3 Å². The lowest BCUT2D eigenvalue weighted by atomic mass is 10.00. The standard InChI is InChI=1S/C20H23FN2O3S/c1-15(13-16-7-2-3-10-19(16)21)20(24)22-17-8-6-9-18(14-17)27(25,26)23-11-4-5-12-23/h2-3,6-10,14-15H,4-5,11-13H2,1H3,(H,22,24). The predicted molar refractivity (Wildman–Crippen MR) is 102 cm³/mol. The molecular weight excluding hydrogens is 367 g/mol. The van der Waals surface area contributed by atoms with Gasteiger partial charge >= 0.3 is 0 Å². The van der Waals surface area contributed by atoms with Gasteiger partial charge in [-0.2, -0.15) is 4.31 Å². The van der Waals surface area contributed by atoms with Crippen LogP contribution in [0.4, 0.5) is 10.1 Å². The smallest absolute Gasteiger partial charge is 0.243 e. The fourth-order valence-electron chi connectivity index (χ4n) is 3.16. The molecular formula is C20H23FN2O3S. The van der Waals surface area contributed by atoms with Crippen LogP contribution in [0.1, 0.15) is 25.3 Å². The summed E-state index contributed by atoms with van der Waals surface area (Å²) in [6.07, 6.45) is 2.00. The molecule has 2 aromatic carbocycles. The molecule has 0 bridgehead atoms. The summed E-state index contributed by atoms with van der Waals surface area (Å²) < 4.78 is 40.5. The Hall–Kier alpha value is -2.25. The zero-order chi connectivity index (χ0) is 19.4. The van der Waals surface area contributed by atoms with Crippen LogP contribution in [0.15, 0.2) is 53.4 Å². The Morgan fingerprint density at radius 2 is 1.85 bits per heavy atom. The van der Waals surface area contributed by atoms with Crippen LogP contribution < -0.4 is 5.32 Å². The first kappa shape index (κ1) is 19.5. The van der Waals surface area contributed by atoms with Crippen LogP contribution in [0, 0.1) is 11.7 Å². The summed E-state index contributed by atoms with van der Waals surface area (Å²) in [7, 11) is -3.54. The summed E-state index contributed by atoms with van der Waals surface area (Å²) in [4.78, 5) is 12.6. The van der Waals surface area contributed by atoms with Gasteiger partial charge in [0.15, 0.2) is 0 Å². The van der Waals surface area contributed by atoms with E-state index in [1.807, 2.05) is 0 Å². The summed E-state index contributed by atoms with van der Waals surface area (Å²) in [5.41, 5.74) is 0.895. The van der Waals surface area contributed by atoms with Crippen molar-refractivity contribution in [3.05, 3.63) is 59.9 Å². The lowest BCUT2D eigenvalue weighted by molar-refractivity contribution is -0.119. The molecule has 27 heavy (non-hydrogen) atoms. The summed E-state index contributed by atoms with van der Waals surface area (Å²) in [6.45, 7) is 2.77. The lowest BCUT2D eigenvalue weighted by Crippen LogP contribution is -2.28. The van der Waals surface area contributed by atoms with Gasteiger partial charge in [-0.1, -0.05) is 31.2 Å². The number of nitrogens with zero attached hydrogens (tertiary/aromatic N) is 1. The maximum Gasteiger partial charge on any atom is 0.243 e. The number of rotatable bonds is 6. The number of halogens is 1. The molecule has 1 aliphatic rings. The molecule has 1 amide bonds. The van der Waals surface area contributed by atoms with Crippen molar-refractivity contribution in [1.82, 2.24) is 4.31 Å². The zero-order valence-corrected chi connectivity index (χ0v) is 16.0. The summed E-state index contributed by atoms with van der Waals surface area (Å²) in [6, 6.07) is 12.6. The number of sulfonamides is 1. The van der Waals surface area contributed by atoms with Gasteiger partial charge in [-0.25, -0.2) is 12.8 Å². The molecule has 1 heterocycles. The van der Waals surface area contributed by atoms with Gasteiger partial charge in [0.2, 0.25) is 15.9 Å². The van der Waals surface area contributed by atoms with Gasteiger partial charge in [0.25, 0.3) is 0 Å². The zero-order valence-electron chi connectivity index (χ0n) is 15.2. The minimum absolute atomic E-state index is 0.170. The van der Waals surface area contributed by atoms with Gasteiger partial charge in [0, 0.05) is 24.7 Å². The molecule has 2 aromatic rings. The van der Waals surface area contributed by atoms with Crippen molar-refractivity contribution in [3.63, 3.8) is 0 Å². The first-order valence-electron chi connectivity index (χ1n) is 9.02. The van der Waals surface area contributed by atoms with E-state index in [1.165, 1.54) is 22.5 Å². The van der Waals surface area contributed by atoms with Gasteiger partial charge < -0.3 is 5.32 Å². The molecule has 7 heteroatoms. The second kappa shape index (κ2) is 8.19. The van der Waals surface area contributed by atoms with Crippen molar-refractivity contribution in [2.75, 3.05) is 18.4 Å². The quantitative estimate of drug-likeness (QED) is 0.822. The summed E-state index contributed by atoms with van der Waals surface area (Å²) in [5.74, 6) is -1.08. The van der Waals surface area contributed by atoms with E-state index in [1.54, 1.807) is 37.3 Å². The number of hydrogen-bond acceptors (Lipinski definition) is 3. The lowest BCUT2D eigenvalue weighted by Gasteiger charge is -2.17. The number of amides is 1. The SMILES string of the molecule is CC(Cc1ccccc1F)C(=O)Nc1cccc(S(=O)(=O)N2CCCC2)c1. The molecule has 1 unspecified atom stereocenters. The van der Waals surface area contributed by atoms with Crippen LogP contribution in [0.5, 0.6) is 0 Å². The molecule has 3 rings (SSSR count). The highest BCUT2D eigenvalue weighted by atomic mass is 32.2. The van der Waals surface area contributed by atoms with Crippen molar-refractivity contribution in [3.8, 4) is 0 Å². The van der Waals surface area contributed by atoms with Crippen molar-refractivity contribution >= 4 is 21.6 Å². The number of carbonyl (C=O) groups is 1. The topological polar surface area (TPSA) is 66.5 Å². The second-order valence-electron chi connectivity index (χ2n) is 6.82. The summed E-state index contributed by atoms with van der Waals surface area (Å²) >= 11 is 0. The highest BCUT2D eigenvalue weighted by Gasteiger charge is 2.27. The largest absolute Gasteiger partial charge is 0.326 e. The van der Waals surface area contributed by atoms with Crippen LogP contribution in [0.25, 0.3) is 0 Å². The first-order valence-corrected chi connectivity index (χ1v) is 10.5. The average Bonchev–Trinajstić information content (AvgIpc) is 3.19. The van der Waals surface area contributed by atoms with E-state index < -0.39 is 15.9 Å². The fourth-order valence-corrected chi connectivity index (χ4v) is 4.73. The third kappa shape index (κ3) is 4.54. The van der Waals surface area contributed by atoms with E-state index in [0.717, 1.165) is 12.8 Å². The van der Waals surface area contributed by atoms with Gasteiger partial charge in [0.05, 0.1) is 4.90 Å². The predicted octanol–water partition coefficient (Wildman–Crippen LogP) is 3.43. The van der Waals surface area contributed by atoms with Crippen LogP contribution in [0.3, 0.4) is 0 Å². The van der Waals surface area contributed by atoms with Crippen LogP contribution >= 0.6 is 0 Å². The molecule has 0 aromatic heterocycles. The Morgan fingerprint density at radius 3 is 2.56 bits per heavy atom. The molecule has 1 atom stereocenters. The normalized spacial score (nSPS) is 16.2. The molecule has 0 spiro atoms. The van der Waals surface area contributed by atoms with Crippen LogP contribution in [0.2, 0.25) is 0 Å². The minimum atomic E-state index is -3.54. The number of carbonyl (C=O) groups excluding carboxylic acids is 1. The van der Waals surface area contributed by atoms with E-state index in [2.05, 4.69) is 5.32 Å². The third-order valence-corrected chi connectivity index (χ3v) is 6.63. The van der Waals surface area contributed by atoms with Crippen molar-refractivity contribution in [2.24, 2.45) is 5.92 Å². The second-order valence-corrected chi connectivity index (χ2v) is 8.76. The average molecular weight is 390 g/mol. The van der Waals surface area contributed by atoms with E-state index in [-0.39, 0.29) is 23.0 Å². The third-order valence-electron chi connectivity index (χ3n) is 4.74. The monoisotopic (exact) mass is 390 g/mol. The van der Waals surface area contributed by atoms with Gasteiger partial charge in [-0.15, -0.1) is 0 Å². The number of benzene rings is 2. The Balaban J connectivity index is 1.70. The summed E-state index contributed by atoms with van der Waals surface area (Å²) in [5, 5.41) is 2.74. The molecule has 0 saturated carbocycles. The van der Waals surface area contributed by atoms with E-state index in [4.69, 9.17) is 0 Å². The highest BCUT2D eigenvalue weighted by molar-refractivity contribution is 7.89. The highest BCUT2D eigenvalue weighted by Crippen LogP contribution is 2.23. The first-order chi connectivity index (χ1) is 12.9. The molecule has 0 radical (unpaired) electrons. The van der Waals surface area contributed by atoms with E-state index >= 15 is 0 Å². The minimum Gasteiger partial charge on any atom is -0.326 e. The van der Waals surface area contributed by atoms with Crippen LogP contribution in [-0.2, 0) is 21.2 Å². The maximum absolute atomic E-state index is 13.8. The van der Waals surface area contributed by atoms with Gasteiger partial charge in [0.1, 0.15) is 5.82 Å².